The fourth-order valence-corrected chi connectivity index (χ4v) is 11.0. The van der Waals surface area contributed by atoms with E-state index in [0.29, 0.717) is 60.4 Å². The van der Waals surface area contributed by atoms with Crippen LogP contribution in [0.5, 0.6) is 5.75 Å². The number of halogens is 1. The molecule has 0 spiro atoms. The van der Waals surface area contributed by atoms with Crippen LogP contribution in [0.3, 0.4) is 0 Å². The first-order valence-corrected chi connectivity index (χ1v) is 21.2. The molecule has 5 aliphatic heterocycles. The summed E-state index contributed by atoms with van der Waals surface area (Å²) in [5.41, 5.74) is 1.71. The molecule has 5 amide bonds. The monoisotopic (exact) mass is 840 g/mol. The number of nitrogens with one attached hydrogen (secondary N) is 2. The fraction of sp³-hybridized carbons (Fsp3) is 0.444. The number of pyridine rings is 1. The highest BCUT2D eigenvalue weighted by Gasteiger charge is 2.69. The number of imide groups is 2. The quantitative estimate of drug-likeness (QED) is 0.258. The molecule has 7 heterocycles. The van der Waals surface area contributed by atoms with Gasteiger partial charge in [0.15, 0.2) is 0 Å². The predicted molar refractivity (Wildman–Crippen MR) is 222 cm³/mol. The maximum Gasteiger partial charge on any atom is 0.262 e. The zero-order chi connectivity index (χ0) is 43.2. The van der Waals surface area contributed by atoms with Crippen molar-refractivity contribution >= 4 is 52.1 Å². The zero-order valence-corrected chi connectivity index (χ0v) is 34.6. The topological polar surface area (TPSA) is 194 Å². The van der Waals surface area contributed by atoms with Crippen molar-refractivity contribution in [3.05, 3.63) is 82.6 Å². The first-order chi connectivity index (χ1) is 29.8. The van der Waals surface area contributed by atoms with Gasteiger partial charge >= 0.3 is 0 Å². The van der Waals surface area contributed by atoms with Gasteiger partial charge in [-0.2, -0.15) is 5.26 Å². The molecule has 16 nitrogen and oxygen atoms in total. The Morgan fingerprint density at radius 3 is 2.34 bits per heavy atom. The van der Waals surface area contributed by atoms with Gasteiger partial charge in [0.05, 0.1) is 44.9 Å². The van der Waals surface area contributed by atoms with Crippen LogP contribution in [0.4, 0.5) is 16.0 Å². The Morgan fingerprint density at radius 1 is 0.935 bits per heavy atom. The van der Waals surface area contributed by atoms with Crippen molar-refractivity contribution in [1.29, 1.82) is 5.26 Å². The molecule has 4 aromatic rings. The molecule has 0 radical (unpaired) electrons. The van der Waals surface area contributed by atoms with E-state index in [4.69, 9.17) is 4.74 Å². The number of carbonyl (C=O) groups excluding carboxylic acids is 5. The zero-order valence-electron chi connectivity index (χ0n) is 34.6. The summed E-state index contributed by atoms with van der Waals surface area (Å²) in [6, 6.07) is 8.89. The first kappa shape index (κ1) is 39.6. The molecule has 1 saturated carbocycles. The molecule has 318 valence electrons. The number of hydrogen-bond donors (Lipinski definition) is 2. The smallest absolute Gasteiger partial charge is 0.262 e. The van der Waals surface area contributed by atoms with Gasteiger partial charge in [-0.05, 0) is 68.0 Å². The van der Waals surface area contributed by atoms with E-state index in [-0.39, 0.29) is 47.7 Å². The van der Waals surface area contributed by atoms with E-state index < -0.39 is 46.3 Å². The minimum Gasteiger partial charge on any atom is -0.488 e. The maximum absolute atomic E-state index is 15.5. The van der Waals surface area contributed by atoms with Gasteiger partial charge in [0.25, 0.3) is 17.7 Å². The molecule has 1 aliphatic carbocycles. The van der Waals surface area contributed by atoms with Gasteiger partial charge < -0.3 is 19.9 Å². The number of anilines is 2. The molecule has 4 atom stereocenters. The molecule has 10 rings (SSSR count). The highest BCUT2D eigenvalue weighted by molar-refractivity contribution is 6.23. The molecule has 2 aromatic heterocycles. The Kier molecular flexibility index (Phi) is 9.28. The summed E-state index contributed by atoms with van der Waals surface area (Å²) in [7, 11) is 0. The number of aromatic nitrogens is 3. The predicted octanol–water partition coefficient (Wildman–Crippen LogP) is 3.33. The number of hydrogen-bond acceptors (Lipinski definition) is 13. The number of piperazine rings is 1. The van der Waals surface area contributed by atoms with Crippen LogP contribution in [0.2, 0.25) is 0 Å². The van der Waals surface area contributed by atoms with Crippen molar-refractivity contribution < 1.29 is 33.1 Å². The number of carbonyl (C=O) groups is 5. The van der Waals surface area contributed by atoms with E-state index in [1.54, 1.807) is 24.7 Å². The summed E-state index contributed by atoms with van der Waals surface area (Å²) >= 11 is 0. The summed E-state index contributed by atoms with van der Waals surface area (Å²) in [4.78, 5) is 85.3. The summed E-state index contributed by atoms with van der Waals surface area (Å²) in [5, 5.41) is 16.0. The second-order valence-electron chi connectivity index (χ2n) is 18.1. The molecule has 2 N–H and O–H groups in total. The second kappa shape index (κ2) is 14.5. The van der Waals surface area contributed by atoms with Gasteiger partial charge in [-0.15, -0.1) is 0 Å². The van der Waals surface area contributed by atoms with Crippen molar-refractivity contribution in [3.8, 4) is 11.8 Å². The molecule has 4 fully saturated rings. The van der Waals surface area contributed by atoms with Gasteiger partial charge in [0.2, 0.25) is 17.8 Å². The number of fused-ring (bicyclic) bond motifs is 3. The lowest BCUT2D eigenvalue weighted by Gasteiger charge is -2.66. The largest absolute Gasteiger partial charge is 0.488 e. The molecule has 62 heavy (non-hydrogen) atoms. The van der Waals surface area contributed by atoms with Crippen molar-refractivity contribution in [2.75, 3.05) is 55.6 Å². The van der Waals surface area contributed by atoms with Gasteiger partial charge in [-0.25, -0.2) is 14.4 Å². The average molecular weight is 841 g/mol. The Hall–Kier alpha value is -6.54. The van der Waals surface area contributed by atoms with E-state index in [1.165, 1.54) is 6.07 Å². The van der Waals surface area contributed by atoms with E-state index in [1.807, 2.05) is 17.0 Å². The van der Waals surface area contributed by atoms with Crippen molar-refractivity contribution in [2.24, 2.45) is 11.3 Å². The summed E-state index contributed by atoms with van der Waals surface area (Å²) in [6.07, 6.45) is 6.59. The third kappa shape index (κ3) is 6.09. The Labute approximate surface area is 356 Å². The van der Waals surface area contributed by atoms with Gasteiger partial charge in [-0.3, -0.25) is 44.1 Å². The molecular formula is C45H45FN10O6. The standard InChI is InChI=1S/C45H45FN10O6/c1-44(2)41(45(3)29-8-11-48-36-25(20-47)4-6-33(35(29)36)62-42(44)45)52-37(58)26-21-49-43(50-22-26)55-12-9-24(10-13-55)23-53-14-16-54(17-15-53)32-19-28-27(18-30(32)46)39(60)56(40(28)61)31-5-7-34(57)51-38(31)59/h4,6,8,11,18-19,21-22,24,31,41-42H,5,7,9-10,12-17,23H2,1-3H3,(H,52,58)(H,51,57,59)/t31?,41-,42-,45?/m0/s1. The number of nitrogens with zero attached hydrogens (tertiary/aromatic N) is 8. The third-order valence-electron chi connectivity index (χ3n) is 14.2. The van der Waals surface area contributed by atoms with Crippen LogP contribution < -0.4 is 25.2 Å². The van der Waals surface area contributed by atoms with E-state index in [2.05, 4.69) is 62.2 Å². The minimum atomic E-state index is -1.11. The summed E-state index contributed by atoms with van der Waals surface area (Å²) in [6.45, 7) is 11.2. The first-order valence-electron chi connectivity index (χ1n) is 21.2. The van der Waals surface area contributed by atoms with Crippen LogP contribution >= 0.6 is 0 Å². The Morgan fingerprint density at radius 2 is 1.65 bits per heavy atom. The maximum atomic E-state index is 15.5. The van der Waals surface area contributed by atoms with Gasteiger partial charge in [0, 0.05) is 81.6 Å². The molecule has 2 unspecified atom stereocenters. The van der Waals surface area contributed by atoms with E-state index in [0.717, 1.165) is 54.4 Å². The van der Waals surface area contributed by atoms with Crippen LogP contribution in [0.25, 0.3) is 10.9 Å². The highest BCUT2D eigenvalue weighted by atomic mass is 19.1. The number of amides is 5. The average Bonchev–Trinajstić information content (AvgIpc) is 3.51. The minimum absolute atomic E-state index is 0.00932. The number of nitriles is 1. The van der Waals surface area contributed by atoms with Gasteiger partial charge in [0.1, 0.15) is 29.8 Å². The second-order valence-corrected chi connectivity index (χ2v) is 18.1. The lowest BCUT2D eigenvalue weighted by atomic mass is 9.45. The van der Waals surface area contributed by atoms with Gasteiger partial charge in [-0.1, -0.05) is 13.8 Å². The lowest BCUT2D eigenvalue weighted by Crippen LogP contribution is -2.78. The molecule has 17 heteroatoms. The van der Waals surface area contributed by atoms with E-state index in [9.17, 15) is 29.2 Å². The van der Waals surface area contributed by atoms with E-state index >= 15 is 4.39 Å². The number of piperidine rings is 2. The third-order valence-corrected chi connectivity index (χ3v) is 14.2. The van der Waals surface area contributed by atoms with Crippen LogP contribution in [0.1, 0.15) is 88.7 Å². The number of benzene rings is 2. The fourth-order valence-electron chi connectivity index (χ4n) is 11.0. The van der Waals surface area contributed by atoms with Crippen LogP contribution in [-0.4, -0.2) is 118 Å². The molecular weight excluding hydrogens is 796 g/mol. The normalized spacial score (nSPS) is 25.7. The lowest BCUT2D eigenvalue weighted by molar-refractivity contribution is -0.136. The molecule has 3 saturated heterocycles. The van der Waals surface area contributed by atoms with Crippen LogP contribution in [0.15, 0.2) is 48.9 Å². The van der Waals surface area contributed by atoms with Crippen LogP contribution in [-0.2, 0) is 15.0 Å². The van der Waals surface area contributed by atoms with Crippen molar-refractivity contribution in [2.45, 2.75) is 70.1 Å². The SMILES string of the molecule is CC1(C)[C@H](NC(=O)c2cnc(N3CCC(CN4CCN(c5cc6c(cc5F)C(=O)N(C5CCC(=O)NC5=O)C6=O)CC4)CC3)nc2)C2(C)c3ccnc4c(C#N)ccc(c34)O[C@@H]12. The molecule has 2 aromatic carbocycles. The van der Waals surface area contributed by atoms with Crippen molar-refractivity contribution in [3.63, 3.8) is 0 Å². The Bertz CT molecular complexity index is 2630. The summed E-state index contributed by atoms with van der Waals surface area (Å²) in [5.74, 6) is -1.70. The summed E-state index contributed by atoms with van der Waals surface area (Å²) < 4.78 is 22.0. The molecule has 0 bridgehead atoms. The Balaban J connectivity index is 0.726. The number of rotatable bonds is 7. The highest BCUT2D eigenvalue weighted by Crippen LogP contribution is 2.61. The molecule has 6 aliphatic rings. The van der Waals surface area contributed by atoms with Crippen LogP contribution in [0, 0.1) is 28.5 Å². The number of ether oxygens (including phenoxy) is 1. The van der Waals surface area contributed by atoms with Crippen molar-refractivity contribution in [1.82, 2.24) is 35.4 Å².